The van der Waals surface area contributed by atoms with Crippen molar-refractivity contribution >= 4 is 0 Å². The number of nitrogens with zero attached hydrogens (tertiary/aromatic N) is 2. The van der Waals surface area contributed by atoms with Gasteiger partial charge in [-0.1, -0.05) is 18.0 Å². The van der Waals surface area contributed by atoms with Gasteiger partial charge in [0, 0.05) is 11.6 Å². The van der Waals surface area contributed by atoms with E-state index in [1.807, 2.05) is 0 Å². The Morgan fingerprint density at radius 2 is 1.95 bits per heavy atom. The van der Waals surface area contributed by atoms with Crippen molar-refractivity contribution in [3.8, 4) is 11.4 Å². The lowest BCUT2D eigenvalue weighted by molar-refractivity contribution is 0.357. The van der Waals surface area contributed by atoms with Gasteiger partial charge < -0.3 is 9.84 Å². The van der Waals surface area contributed by atoms with Gasteiger partial charge in [0.05, 0.1) is 6.54 Å². The Morgan fingerprint density at radius 3 is 2.68 bits per heavy atom. The molecule has 0 amide bonds. The zero-order valence-electron chi connectivity index (χ0n) is 10.6. The van der Waals surface area contributed by atoms with Crippen LogP contribution in [0.5, 0.6) is 0 Å². The minimum absolute atomic E-state index is 0.268. The Balaban J connectivity index is 1.63. The second-order valence-electron chi connectivity index (χ2n) is 4.88. The molecule has 1 aliphatic carbocycles. The highest BCUT2D eigenvalue weighted by molar-refractivity contribution is 5.53. The molecule has 1 saturated carbocycles. The first-order valence-corrected chi connectivity index (χ1v) is 6.63. The van der Waals surface area contributed by atoms with Crippen molar-refractivity contribution in [3.63, 3.8) is 0 Å². The Hall–Kier alpha value is -1.75. The van der Waals surface area contributed by atoms with Crippen LogP contribution in [-0.4, -0.2) is 16.2 Å². The Labute approximate surface area is 111 Å². The van der Waals surface area contributed by atoms with Crippen LogP contribution in [0.15, 0.2) is 28.8 Å². The summed E-state index contributed by atoms with van der Waals surface area (Å²) in [7, 11) is 0. The van der Waals surface area contributed by atoms with Crippen LogP contribution in [-0.2, 0) is 6.54 Å². The van der Waals surface area contributed by atoms with E-state index in [0.717, 1.165) is 5.56 Å². The minimum Gasteiger partial charge on any atom is -0.338 e. The predicted octanol–water partition coefficient (Wildman–Crippen LogP) is 2.91. The molecule has 2 aromatic rings. The molecule has 100 valence electrons. The number of benzene rings is 1. The van der Waals surface area contributed by atoms with Crippen molar-refractivity contribution in [1.82, 2.24) is 15.5 Å². The highest BCUT2D eigenvalue weighted by Crippen LogP contribution is 2.19. The highest BCUT2D eigenvalue weighted by atomic mass is 19.1. The molecular formula is C14H16FN3O. The minimum atomic E-state index is -0.268. The van der Waals surface area contributed by atoms with E-state index >= 15 is 0 Å². The average Bonchev–Trinajstić information content (AvgIpc) is 3.09. The van der Waals surface area contributed by atoms with Crippen molar-refractivity contribution in [2.75, 3.05) is 0 Å². The van der Waals surface area contributed by atoms with Crippen LogP contribution in [0, 0.1) is 5.82 Å². The van der Waals surface area contributed by atoms with Crippen LogP contribution in [0.1, 0.15) is 31.6 Å². The largest absolute Gasteiger partial charge is 0.338 e. The van der Waals surface area contributed by atoms with E-state index in [9.17, 15) is 4.39 Å². The van der Waals surface area contributed by atoms with Crippen LogP contribution < -0.4 is 5.32 Å². The molecule has 1 fully saturated rings. The smallest absolute Gasteiger partial charge is 0.240 e. The Morgan fingerprint density at radius 1 is 1.21 bits per heavy atom. The van der Waals surface area contributed by atoms with Crippen molar-refractivity contribution in [2.45, 2.75) is 38.3 Å². The van der Waals surface area contributed by atoms with Gasteiger partial charge in [0.25, 0.3) is 0 Å². The molecule has 4 nitrogen and oxygen atoms in total. The zero-order valence-corrected chi connectivity index (χ0v) is 10.6. The summed E-state index contributed by atoms with van der Waals surface area (Å²) in [5.41, 5.74) is 0.761. The number of aromatic nitrogens is 2. The molecule has 0 radical (unpaired) electrons. The first-order valence-electron chi connectivity index (χ1n) is 6.63. The lowest BCUT2D eigenvalue weighted by Crippen LogP contribution is -2.25. The van der Waals surface area contributed by atoms with E-state index in [2.05, 4.69) is 15.5 Å². The lowest BCUT2D eigenvalue weighted by atomic mass is 10.2. The van der Waals surface area contributed by atoms with Crippen LogP contribution in [0.2, 0.25) is 0 Å². The van der Waals surface area contributed by atoms with E-state index in [-0.39, 0.29) is 5.82 Å². The van der Waals surface area contributed by atoms with Crippen molar-refractivity contribution < 1.29 is 8.91 Å². The fraction of sp³-hybridized carbons (Fsp3) is 0.429. The molecule has 1 heterocycles. The third-order valence-electron chi connectivity index (χ3n) is 3.47. The summed E-state index contributed by atoms with van der Waals surface area (Å²) >= 11 is 0. The molecule has 1 aromatic heterocycles. The van der Waals surface area contributed by atoms with Crippen molar-refractivity contribution in [2.24, 2.45) is 0 Å². The molecule has 0 aliphatic heterocycles. The quantitative estimate of drug-likeness (QED) is 0.919. The van der Waals surface area contributed by atoms with Gasteiger partial charge in [0.1, 0.15) is 5.82 Å². The van der Waals surface area contributed by atoms with Crippen molar-refractivity contribution in [3.05, 3.63) is 36.0 Å². The number of halogens is 1. The van der Waals surface area contributed by atoms with Gasteiger partial charge in [0.15, 0.2) is 0 Å². The van der Waals surface area contributed by atoms with Gasteiger partial charge in [-0.15, -0.1) is 0 Å². The van der Waals surface area contributed by atoms with E-state index < -0.39 is 0 Å². The average molecular weight is 261 g/mol. The fourth-order valence-corrected chi connectivity index (χ4v) is 2.40. The number of hydrogen-bond donors (Lipinski definition) is 1. The summed E-state index contributed by atoms with van der Waals surface area (Å²) < 4.78 is 18.0. The van der Waals surface area contributed by atoms with E-state index in [4.69, 9.17) is 4.52 Å². The van der Waals surface area contributed by atoms with Gasteiger partial charge in [0.2, 0.25) is 11.7 Å². The monoisotopic (exact) mass is 261 g/mol. The SMILES string of the molecule is Fc1ccc(-c2noc(CNC3CCCC3)n2)cc1. The van der Waals surface area contributed by atoms with Crippen molar-refractivity contribution in [1.29, 1.82) is 0 Å². The van der Waals surface area contributed by atoms with Gasteiger partial charge in [-0.05, 0) is 37.1 Å². The lowest BCUT2D eigenvalue weighted by Gasteiger charge is -2.08. The molecule has 0 spiro atoms. The third kappa shape index (κ3) is 2.98. The van der Waals surface area contributed by atoms with Crippen LogP contribution in [0.25, 0.3) is 11.4 Å². The normalized spacial score (nSPS) is 16.1. The molecule has 3 rings (SSSR count). The topological polar surface area (TPSA) is 51.0 Å². The fourth-order valence-electron chi connectivity index (χ4n) is 2.40. The molecule has 0 bridgehead atoms. The zero-order chi connectivity index (χ0) is 13.1. The third-order valence-corrected chi connectivity index (χ3v) is 3.47. The maximum Gasteiger partial charge on any atom is 0.240 e. The molecule has 0 saturated heterocycles. The van der Waals surface area contributed by atoms with E-state index in [1.165, 1.54) is 37.8 Å². The molecule has 1 N–H and O–H groups in total. The van der Waals surface area contributed by atoms with Gasteiger partial charge in [-0.3, -0.25) is 0 Å². The maximum absolute atomic E-state index is 12.8. The molecule has 5 heteroatoms. The maximum atomic E-state index is 12.8. The second kappa shape index (κ2) is 5.48. The summed E-state index contributed by atoms with van der Waals surface area (Å²) in [6.45, 7) is 0.596. The molecular weight excluding hydrogens is 245 g/mol. The number of hydrogen-bond acceptors (Lipinski definition) is 4. The summed E-state index contributed by atoms with van der Waals surface area (Å²) in [5.74, 6) is 0.810. The highest BCUT2D eigenvalue weighted by Gasteiger charge is 2.15. The molecule has 0 atom stereocenters. The second-order valence-corrected chi connectivity index (χ2v) is 4.88. The Bertz CT molecular complexity index is 532. The summed E-state index contributed by atoms with van der Waals surface area (Å²) in [4.78, 5) is 4.31. The summed E-state index contributed by atoms with van der Waals surface area (Å²) in [6.07, 6.45) is 5.03. The van der Waals surface area contributed by atoms with E-state index in [1.54, 1.807) is 12.1 Å². The number of nitrogens with one attached hydrogen (secondary N) is 1. The molecule has 1 aliphatic rings. The summed E-state index contributed by atoms with van der Waals surface area (Å²) in [6, 6.07) is 6.65. The van der Waals surface area contributed by atoms with Gasteiger partial charge in [-0.2, -0.15) is 4.98 Å². The molecule has 0 unspecified atom stereocenters. The summed E-state index contributed by atoms with van der Waals surface area (Å²) in [5, 5.41) is 7.33. The molecule has 19 heavy (non-hydrogen) atoms. The predicted molar refractivity (Wildman–Crippen MR) is 68.8 cm³/mol. The van der Waals surface area contributed by atoms with Crippen LogP contribution >= 0.6 is 0 Å². The van der Waals surface area contributed by atoms with Crippen LogP contribution in [0.4, 0.5) is 4.39 Å². The van der Waals surface area contributed by atoms with Gasteiger partial charge >= 0.3 is 0 Å². The Kier molecular flexibility index (Phi) is 3.55. The first-order chi connectivity index (χ1) is 9.31. The molecule has 1 aromatic carbocycles. The van der Waals surface area contributed by atoms with Crippen LogP contribution in [0.3, 0.4) is 0 Å². The first kappa shape index (κ1) is 12.3. The van der Waals surface area contributed by atoms with Gasteiger partial charge in [-0.25, -0.2) is 4.39 Å². The van der Waals surface area contributed by atoms with E-state index in [0.29, 0.717) is 24.3 Å². The number of rotatable bonds is 4. The standard InChI is InChI=1S/C14H16FN3O/c15-11-7-5-10(6-8-11)14-17-13(19-18-14)9-16-12-3-1-2-4-12/h5-8,12,16H,1-4,9H2.